The third-order valence-electron chi connectivity index (χ3n) is 4.10. The maximum absolute atomic E-state index is 12.5. The van der Waals surface area contributed by atoms with Gasteiger partial charge in [0.25, 0.3) is 5.91 Å². The second-order valence-corrected chi connectivity index (χ2v) is 7.31. The van der Waals surface area contributed by atoms with Crippen LogP contribution in [0.3, 0.4) is 0 Å². The van der Waals surface area contributed by atoms with Gasteiger partial charge >= 0.3 is 0 Å². The fraction of sp³-hybridized carbons (Fsp3) is 0.474. The van der Waals surface area contributed by atoms with Crippen LogP contribution in [0.5, 0.6) is 0 Å². The molecule has 0 radical (unpaired) electrons. The van der Waals surface area contributed by atoms with Crippen molar-refractivity contribution in [2.75, 3.05) is 0 Å². The number of aliphatic hydroxyl groups excluding tert-OH is 1. The SMILES string of the molecule is CC(NC(=O)c1cc(C(C)(C)C)nn1C)C(O)Cc1ccccc1. The zero-order valence-corrected chi connectivity index (χ0v) is 15.1. The van der Waals surface area contributed by atoms with E-state index in [0.717, 1.165) is 11.3 Å². The first kappa shape index (κ1) is 18.2. The van der Waals surface area contributed by atoms with E-state index in [1.165, 1.54) is 0 Å². The summed E-state index contributed by atoms with van der Waals surface area (Å²) >= 11 is 0. The summed E-state index contributed by atoms with van der Waals surface area (Å²) in [6.45, 7) is 7.99. The predicted octanol–water partition coefficient (Wildman–Crippen LogP) is 2.44. The van der Waals surface area contributed by atoms with E-state index in [0.29, 0.717) is 12.1 Å². The number of aryl methyl sites for hydroxylation is 1. The number of carbonyl (C=O) groups excluding carboxylic acids is 1. The first-order valence-corrected chi connectivity index (χ1v) is 8.26. The van der Waals surface area contributed by atoms with Gasteiger partial charge in [-0.25, -0.2) is 0 Å². The summed E-state index contributed by atoms with van der Waals surface area (Å²) in [5.41, 5.74) is 2.29. The molecular weight excluding hydrogens is 302 g/mol. The fourth-order valence-electron chi connectivity index (χ4n) is 2.46. The summed E-state index contributed by atoms with van der Waals surface area (Å²) in [7, 11) is 1.76. The molecule has 130 valence electrons. The third-order valence-corrected chi connectivity index (χ3v) is 4.10. The lowest BCUT2D eigenvalue weighted by atomic mass is 9.92. The van der Waals surface area contributed by atoms with Crippen LogP contribution in [0.1, 0.15) is 49.4 Å². The third kappa shape index (κ3) is 4.45. The zero-order chi connectivity index (χ0) is 17.9. The highest BCUT2D eigenvalue weighted by molar-refractivity contribution is 5.92. The fourth-order valence-corrected chi connectivity index (χ4v) is 2.46. The van der Waals surface area contributed by atoms with Crippen molar-refractivity contribution in [2.45, 2.75) is 51.7 Å². The molecule has 2 unspecified atom stereocenters. The lowest BCUT2D eigenvalue weighted by molar-refractivity contribution is 0.0843. The molecule has 0 aliphatic carbocycles. The van der Waals surface area contributed by atoms with E-state index < -0.39 is 6.10 Å². The largest absolute Gasteiger partial charge is 0.391 e. The average molecular weight is 329 g/mol. The Bertz CT molecular complexity index is 686. The molecule has 5 nitrogen and oxygen atoms in total. The summed E-state index contributed by atoms with van der Waals surface area (Å²) in [5.74, 6) is -0.222. The first-order valence-electron chi connectivity index (χ1n) is 8.26. The van der Waals surface area contributed by atoms with E-state index >= 15 is 0 Å². The van der Waals surface area contributed by atoms with E-state index in [-0.39, 0.29) is 17.4 Å². The quantitative estimate of drug-likeness (QED) is 0.885. The monoisotopic (exact) mass is 329 g/mol. The van der Waals surface area contributed by atoms with Crippen LogP contribution in [-0.4, -0.2) is 32.9 Å². The summed E-state index contributed by atoms with van der Waals surface area (Å²) < 4.78 is 1.59. The van der Waals surface area contributed by atoms with Gasteiger partial charge in [0.2, 0.25) is 0 Å². The second-order valence-electron chi connectivity index (χ2n) is 7.31. The molecule has 2 rings (SSSR count). The number of nitrogens with one attached hydrogen (secondary N) is 1. The highest BCUT2D eigenvalue weighted by Crippen LogP contribution is 2.21. The molecule has 0 aliphatic rings. The van der Waals surface area contributed by atoms with Crippen molar-refractivity contribution >= 4 is 5.91 Å². The number of hydrogen-bond acceptors (Lipinski definition) is 3. The van der Waals surface area contributed by atoms with E-state index in [4.69, 9.17) is 0 Å². The molecule has 0 fully saturated rings. The minimum Gasteiger partial charge on any atom is -0.391 e. The summed E-state index contributed by atoms with van der Waals surface area (Å²) in [4.78, 5) is 12.5. The number of rotatable bonds is 5. The van der Waals surface area contributed by atoms with Crippen LogP contribution in [0.25, 0.3) is 0 Å². The Kier molecular flexibility index (Phi) is 5.44. The number of carbonyl (C=O) groups is 1. The molecule has 0 saturated heterocycles. The number of aromatic nitrogens is 2. The van der Waals surface area contributed by atoms with Crippen LogP contribution in [-0.2, 0) is 18.9 Å². The van der Waals surface area contributed by atoms with Crippen molar-refractivity contribution in [1.82, 2.24) is 15.1 Å². The summed E-state index contributed by atoms with van der Waals surface area (Å²) in [6.07, 6.45) is -0.146. The van der Waals surface area contributed by atoms with Crippen molar-refractivity contribution < 1.29 is 9.90 Å². The first-order chi connectivity index (χ1) is 11.2. The van der Waals surface area contributed by atoms with Crippen molar-refractivity contribution in [3.8, 4) is 0 Å². The Labute approximate surface area is 143 Å². The molecule has 2 aromatic rings. The minimum atomic E-state index is -0.647. The van der Waals surface area contributed by atoms with Crippen molar-refractivity contribution in [3.05, 3.63) is 53.3 Å². The van der Waals surface area contributed by atoms with Crippen molar-refractivity contribution in [3.63, 3.8) is 0 Å². The summed E-state index contributed by atoms with van der Waals surface area (Å²) in [5, 5.41) is 17.6. The van der Waals surface area contributed by atoms with E-state index in [1.807, 2.05) is 43.3 Å². The molecule has 5 heteroatoms. The molecule has 1 heterocycles. The molecule has 2 atom stereocenters. The van der Waals surface area contributed by atoms with Gasteiger partial charge in [0.15, 0.2) is 0 Å². The Morgan fingerprint density at radius 3 is 2.46 bits per heavy atom. The smallest absolute Gasteiger partial charge is 0.269 e. The average Bonchev–Trinajstić information content (AvgIpc) is 2.90. The number of benzene rings is 1. The van der Waals surface area contributed by atoms with Gasteiger partial charge in [0.05, 0.1) is 17.8 Å². The van der Waals surface area contributed by atoms with Gasteiger partial charge in [-0.1, -0.05) is 51.1 Å². The summed E-state index contributed by atoms with van der Waals surface area (Å²) in [6, 6.07) is 11.2. The standard InChI is InChI=1S/C19H27N3O2/c1-13(16(23)11-14-9-7-6-8-10-14)20-18(24)15-12-17(19(2,3)4)21-22(15)5/h6-10,12-13,16,23H,11H2,1-5H3,(H,20,24). The highest BCUT2D eigenvalue weighted by atomic mass is 16.3. The Morgan fingerprint density at radius 1 is 1.29 bits per heavy atom. The predicted molar refractivity (Wildman–Crippen MR) is 95.0 cm³/mol. The molecule has 0 saturated carbocycles. The topological polar surface area (TPSA) is 67.2 Å². The van der Waals surface area contributed by atoms with Crippen LogP contribution in [0.15, 0.2) is 36.4 Å². The highest BCUT2D eigenvalue weighted by Gasteiger charge is 2.24. The van der Waals surface area contributed by atoms with Crippen LogP contribution >= 0.6 is 0 Å². The zero-order valence-electron chi connectivity index (χ0n) is 15.1. The Hall–Kier alpha value is -2.14. The number of nitrogens with zero attached hydrogens (tertiary/aromatic N) is 2. The molecular formula is C19H27N3O2. The maximum atomic E-state index is 12.5. The Balaban J connectivity index is 2.02. The van der Waals surface area contributed by atoms with Crippen LogP contribution in [0.4, 0.5) is 0 Å². The number of aliphatic hydroxyl groups is 1. The van der Waals surface area contributed by atoms with Gasteiger partial charge in [-0.2, -0.15) is 5.10 Å². The minimum absolute atomic E-state index is 0.116. The number of amides is 1. The lowest BCUT2D eigenvalue weighted by Gasteiger charge is -2.20. The van der Waals surface area contributed by atoms with Gasteiger partial charge in [-0.3, -0.25) is 9.48 Å². The van der Waals surface area contributed by atoms with Gasteiger partial charge in [0, 0.05) is 18.9 Å². The van der Waals surface area contributed by atoms with Gasteiger partial charge in [-0.15, -0.1) is 0 Å². The second kappa shape index (κ2) is 7.18. The van der Waals surface area contributed by atoms with E-state index in [1.54, 1.807) is 11.7 Å². The van der Waals surface area contributed by atoms with Crippen LogP contribution in [0.2, 0.25) is 0 Å². The molecule has 1 aromatic carbocycles. The van der Waals surface area contributed by atoms with Gasteiger partial charge in [-0.05, 0) is 18.6 Å². The van der Waals surface area contributed by atoms with Crippen LogP contribution < -0.4 is 5.32 Å². The molecule has 0 aliphatic heterocycles. The van der Waals surface area contributed by atoms with Gasteiger partial charge in [0.1, 0.15) is 5.69 Å². The number of hydrogen-bond donors (Lipinski definition) is 2. The molecule has 0 spiro atoms. The molecule has 1 amide bonds. The lowest BCUT2D eigenvalue weighted by Crippen LogP contribution is -2.42. The maximum Gasteiger partial charge on any atom is 0.269 e. The van der Waals surface area contributed by atoms with Gasteiger partial charge < -0.3 is 10.4 Å². The normalized spacial score (nSPS) is 14.2. The Morgan fingerprint density at radius 2 is 1.92 bits per heavy atom. The van der Waals surface area contributed by atoms with Crippen molar-refractivity contribution in [1.29, 1.82) is 0 Å². The van der Waals surface area contributed by atoms with Crippen LogP contribution in [0, 0.1) is 0 Å². The van der Waals surface area contributed by atoms with E-state index in [2.05, 4.69) is 31.2 Å². The molecule has 24 heavy (non-hydrogen) atoms. The molecule has 0 bridgehead atoms. The van der Waals surface area contributed by atoms with E-state index in [9.17, 15) is 9.90 Å². The van der Waals surface area contributed by atoms with Crippen molar-refractivity contribution in [2.24, 2.45) is 7.05 Å². The molecule has 1 aromatic heterocycles. The molecule has 2 N–H and O–H groups in total.